The molecule has 2 nitrogen and oxygen atoms in total. The molecule has 0 aliphatic heterocycles. The Hall–Kier alpha value is -0.790. The van der Waals surface area contributed by atoms with Gasteiger partial charge in [0.2, 0.25) is 0 Å². The van der Waals surface area contributed by atoms with Crippen molar-refractivity contribution in [3.05, 3.63) is 11.6 Å². The average molecular weight is 178 g/mol. The van der Waals surface area contributed by atoms with E-state index in [1.165, 1.54) is 37.8 Å². The van der Waals surface area contributed by atoms with Crippen LogP contribution in [0.3, 0.4) is 0 Å². The summed E-state index contributed by atoms with van der Waals surface area (Å²) < 4.78 is 0. The van der Waals surface area contributed by atoms with E-state index in [1.807, 2.05) is 19.1 Å². The quantitative estimate of drug-likeness (QED) is 0.563. The van der Waals surface area contributed by atoms with E-state index in [2.05, 4.69) is 11.2 Å². The Labute approximate surface area is 80.3 Å². The van der Waals surface area contributed by atoms with Gasteiger partial charge in [0, 0.05) is 14.1 Å². The highest BCUT2D eigenvalue weighted by Gasteiger charge is 2.25. The lowest BCUT2D eigenvalue weighted by Crippen LogP contribution is -2.08. The Morgan fingerprint density at radius 3 is 2.92 bits per heavy atom. The van der Waals surface area contributed by atoms with Crippen molar-refractivity contribution in [3.8, 4) is 0 Å². The van der Waals surface area contributed by atoms with E-state index in [1.54, 1.807) is 5.57 Å². The van der Waals surface area contributed by atoms with Gasteiger partial charge in [0.05, 0.1) is 5.71 Å². The maximum atomic E-state index is 4.47. The van der Waals surface area contributed by atoms with E-state index in [9.17, 15) is 0 Å². The smallest absolute Gasteiger partial charge is 0.0610 e. The lowest BCUT2D eigenvalue weighted by atomic mass is 9.86. The van der Waals surface area contributed by atoms with Crippen LogP contribution in [-0.4, -0.2) is 24.8 Å². The van der Waals surface area contributed by atoms with Crippen LogP contribution in [-0.2, 0) is 0 Å². The maximum Gasteiger partial charge on any atom is 0.0610 e. The summed E-state index contributed by atoms with van der Waals surface area (Å²) in [4.78, 5) is 0. The molecule has 0 aromatic carbocycles. The van der Waals surface area contributed by atoms with Crippen LogP contribution < -0.4 is 0 Å². The van der Waals surface area contributed by atoms with Gasteiger partial charge in [-0.15, -0.1) is 0 Å². The van der Waals surface area contributed by atoms with Gasteiger partial charge in [0.15, 0.2) is 0 Å². The van der Waals surface area contributed by atoms with Crippen LogP contribution >= 0.6 is 0 Å². The lowest BCUT2D eigenvalue weighted by molar-refractivity contribution is 0.432. The van der Waals surface area contributed by atoms with Crippen LogP contribution in [0.5, 0.6) is 0 Å². The summed E-state index contributed by atoms with van der Waals surface area (Å²) in [6.45, 7) is 0. The fraction of sp³-hybridized carbons (Fsp3) is 0.727. The molecule has 2 aliphatic carbocycles. The van der Waals surface area contributed by atoms with Crippen LogP contribution in [0.1, 0.15) is 32.1 Å². The highest BCUT2D eigenvalue weighted by atomic mass is 15.4. The summed E-state index contributed by atoms with van der Waals surface area (Å²) in [7, 11) is 3.99. The monoisotopic (exact) mass is 178 g/mol. The third-order valence-electron chi connectivity index (χ3n) is 2.93. The van der Waals surface area contributed by atoms with Gasteiger partial charge in [-0.3, -0.25) is 0 Å². The molecule has 1 saturated carbocycles. The first-order valence-corrected chi connectivity index (χ1v) is 5.21. The predicted molar refractivity (Wildman–Crippen MR) is 55.8 cm³/mol. The molecule has 0 heterocycles. The van der Waals surface area contributed by atoms with E-state index >= 15 is 0 Å². The minimum absolute atomic E-state index is 0.840. The maximum absolute atomic E-state index is 4.47. The first-order valence-electron chi connectivity index (χ1n) is 5.21. The molecule has 1 fully saturated rings. The molecule has 13 heavy (non-hydrogen) atoms. The molecule has 0 saturated heterocycles. The average Bonchev–Trinajstić information content (AvgIpc) is 2.44. The molecule has 0 N–H and O–H groups in total. The van der Waals surface area contributed by atoms with Gasteiger partial charge < -0.3 is 5.01 Å². The van der Waals surface area contributed by atoms with E-state index < -0.39 is 0 Å². The molecule has 0 spiro atoms. The third kappa shape index (κ3) is 1.93. The third-order valence-corrected chi connectivity index (χ3v) is 2.93. The number of hydrogen-bond acceptors (Lipinski definition) is 2. The second-order valence-corrected chi connectivity index (χ2v) is 4.30. The number of hydrazone groups is 1. The molecule has 0 radical (unpaired) electrons. The van der Waals surface area contributed by atoms with Crippen molar-refractivity contribution in [1.29, 1.82) is 0 Å². The largest absolute Gasteiger partial charge is 0.303 e. The fourth-order valence-electron chi connectivity index (χ4n) is 2.38. The number of nitrogens with zero attached hydrogens (tertiary/aromatic N) is 2. The van der Waals surface area contributed by atoms with Crippen LogP contribution in [0.4, 0.5) is 0 Å². The molecule has 1 atom stereocenters. The fourth-order valence-corrected chi connectivity index (χ4v) is 2.38. The van der Waals surface area contributed by atoms with E-state index in [-0.39, 0.29) is 0 Å². The number of fused-ring (bicyclic) bond motifs is 1. The van der Waals surface area contributed by atoms with E-state index in [0.29, 0.717) is 0 Å². The zero-order valence-electron chi connectivity index (χ0n) is 8.58. The first-order chi connectivity index (χ1) is 6.25. The molecule has 1 unspecified atom stereocenters. The van der Waals surface area contributed by atoms with Crippen molar-refractivity contribution in [2.45, 2.75) is 32.1 Å². The number of allylic oxidation sites excluding steroid dienone is 2. The summed E-state index contributed by atoms with van der Waals surface area (Å²) in [5.74, 6) is 0.840. The van der Waals surface area contributed by atoms with Crippen LogP contribution in [0, 0.1) is 5.92 Å². The summed E-state index contributed by atoms with van der Waals surface area (Å²) in [6.07, 6.45) is 9.02. The Morgan fingerprint density at radius 2 is 2.23 bits per heavy atom. The standard InChI is InChI=1S/C11H18N2/c1-13(2)12-11-7-9-5-3-4-6-10(9)8-11/h7,10H,3-6,8H2,1-2H3/b12-11+. The Morgan fingerprint density at radius 1 is 1.38 bits per heavy atom. The van der Waals surface area contributed by atoms with Gasteiger partial charge in [0.25, 0.3) is 0 Å². The zero-order valence-corrected chi connectivity index (χ0v) is 8.58. The SMILES string of the molecule is CN(C)/N=C1\C=C2CCCCC2C1. The minimum atomic E-state index is 0.840. The Kier molecular flexibility index (Phi) is 2.38. The zero-order chi connectivity index (χ0) is 9.26. The highest BCUT2D eigenvalue weighted by molar-refractivity contribution is 5.98. The van der Waals surface area contributed by atoms with Crippen molar-refractivity contribution in [1.82, 2.24) is 5.01 Å². The predicted octanol–water partition coefficient (Wildman–Crippen LogP) is 2.42. The lowest BCUT2D eigenvalue weighted by Gasteiger charge is -2.19. The van der Waals surface area contributed by atoms with Crippen LogP contribution in [0.25, 0.3) is 0 Å². The van der Waals surface area contributed by atoms with Crippen molar-refractivity contribution >= 4 is 5.71 Å². The van der Waals surface area contributed by atoms with Gasteiger partial charge in [-0.1, -0.05) is 12.0 Å². The van der Waals surface area contributed by atoms with Gasteiger partial charge >= 0.3 is 0 Å². The van der Waals surface area contributed by atoms with Crippen LogP contribution in [0.15, 0.2) is 16.8 Å². The summed E-state index contributed by atoms with van der Waals surface area (Å²) in [5.41, 5.74) is 2.94. The molecule has 0 aromatic rings. The number of rotatable bonds is 1. The molecule has 0 amide bonds. The van der Waals surface area contributed by atoms with Gasteiger partial charge in [-0.05, 0) is 37.7 Å². The summed E-state index contributed by atoms with van der Waals surface area (Å²) >= 11 is 0. The summed E-state index contributed by atoms with van der Waals surface area (Å²) in [6, 6.07) is 0. The van der Waals surface area contributed by atoms with Crippen LogP contribution in [0.2, 0.25) is 0 Å². The molecular weight excluding hydrogens is 160 g/mol. The van der Waals surface area contributed by atoms with Crippen molar-refractivity contribution in [2.75, 3.05) is 14.1 Å². The molecule has 2 rings (SSSR count). The Bertz CT molecular complexity index is 251. The van der Waals surface area contributed by atoms with E-state index in [0.717, 1.165) is 5.92 Å². The van der Waals surface area contributed by atoms with Gasteiger partial charge in [0.1, 0.15) is 0 Å². The van der Waals surface area contributed by atoms with Crippen molar-refractivity contribution in [3.63, 3.8) is 0 Å². The minimum Gasteiger partial charge on any atom is -0.303 e. The van der Waals surface area contributed by atoms with Gasteiger partial charge in [-0.25, -0.2) is 0 Å². The van der Waals surface area contributed by atoms with Crippen molar-refractivity contribution < 1.29 is 0 Å². The summed E-state index contributed by atoms with van der Waals surface area (Å²) in [5, 5.41) is 6.38. The molecule has 2 aliphatic rings. The second kappa shape index (κ2) is 3.52. The van der Waals surface area contributed by atoms with Gasteiger partial charge in [-0.2, -0.15) is 5.10 Å². The molecule has 72 valence electrons. The first kappa shape index (κ1) is 8.79. The molecular formula is C11H18N2. The molecule has 2 heteroatoms. The molecule has 0 aromatic heterocycles. The second-order valence-electron chi connectivity index (χ2n) is 4.30. The normalized spacial score (nSPS) is 30.2. The number of hydrogen-bond donors (Lipinski definition) is 0. The Balaban J connectivity index is 2.09. The van der Waals surface area contributed by atoms with E-state index in [4.69, 9.17) is 0 Å². The highest BCUT2D eigenvalue weighted by Crippen LogP contribution is 2.36. The topological polar surface area (TPSA) is 15.6 Å². The van der Waals surface area contributed by atoms with Crippen molar-refractivity contribution in [2.24, 2.45) is 11.0 Å². The molecule has 0 bridgehead atoms.